The first-order valence-electron chi connectivity index (χ1n) is 9.42. The second-order valence-electron chi connectivity index (χ2n) is 6.45. The number of pyridine rings is 1. The van der Waals surface area contributed by atoms with E-state index in [1.54, 1.807) is 26.5 Å². The molecule has 0 aliphatic rings. The average Bonchev–Trinajstić information content (AvgIpc) is 2.78. The van der Waals surface area contributed by atoms with Gasteiger partial charge in [-0.1, -0.05) is 30.3 Å². The summed E-state index contributed by atoms with van der Waals surface area (Å²) in [5, 5.41) is 6.16. The first-order valence-corrected chi connectivity index (χ1v) is 9.42. The van der Waals surface area contributed by atoms with Crippen molar-refractivity contribution in [3.05, 3.63) is 83.6 Å². The molecule has 0 aliphatic carbocycles. The number of para-hydroxylation sites is 1. The number of ether oxygens (including phenoxy) is 2. The average molecular weight is 391 g/mol. The molecule has 0 spiro atoms. The van der Waals surface area contributed by atoms with Crippen molar-refractivity contribution in [3.8, 4) is 11.5 Å². The molecule has 0 bridgehead atoms. The summed E-state index contributed by atoms with van der Waals surface area (Å²) in [4.78, 5) is 16.7. The lowest BCUT2D eigenvalue weighted by atomic mass is 10.1. The molecule has 1 heterocycles. The highest BCUT2D eigenvalue weighted by atomic mass is 16.5. The lowest BCUT2D eigenvalue weighted by Crippen LogP contribution is -2.23. The fourth-order valence-electron chi connectivity index (χ4n) is 2.89. The van der Waals surface area contributed by atoms with Gasteiger partial charge in [-0.05, 0) is 42.3 Å². The monoisotopic (exact) mass is 391 g/mol. The number of benzene rings is 2. The molecule has 0 aliphatic heterocycles. The molecule has 29 heavy (non-hydrogen) atoms. The zero-order chi connectivity index (χ0) is 20.5. The highest BCUT2D eigenvalue weighted by Crippen LogP contribution is 2.17. The maximum Gasteiger partial charge on any atom is 0.253 e. The van der Waals surface area contributed by atoms with Gasteiger partial charge in [-0.15, -0.1) is 0 Å². The minimum Gasteiger partial charge on any atom is -0.497 e. The standard InChI is InChI=1S/C23H25N3O3/c1-28-20-10-7-17(8-11-20)13-14-24-22-12-9-19(16-25-22)23(27)26-15-18-5-3-4-6-21(18)29-2/h3-12,16H,13-15H2,1-2H3,(H,24,25)(H,26,27). The van der Waals surface area contributed by atoms with Crippen LogP contribution in [0.2, 0.25) is 0 Å². The zero-order valence-electron chi connectivity index (χ0n) is 16.6. The van der Waals surface area contributed by atoms with Crippen molar-refractivity contribution < 1.29 is 14.3 Å². The molecular weight excluding hydrogens is 366 g/mol. The zero-order valence-corrected chi connectivity index (χ0v) is 16.6. The Morgan fingerprint density at radius 1 is 0.966 bits per heavy atom. The van der Waals surface area contributed by atoms with E-state index in [2.05, 4.69) is 15.6 Å². The van der Waals surface area contributed by atoms with Crippen LogP contribution >= 0.6 is 0 Å². The molecule has 3 aromatic rings. The largest absolute Gasteiger partial charge is 0.497 e. The number of aromatic nitrogens is 1. The molecule has 1 aromatic heterocycles. The molecule has 0 unspecified atom stereocenters. The van der Waals surface area contributed by atoms with Gasteiger partial charge in [-0.3, -0.25) is 4.79 Å². The van der Waals surface area contributed by atoms with Crippen LogP contribution in [0.15, 0.2) is 66.9 Å². The van der Waals surface area contributed by atoms with E-state index in [9.17, 15) is 4.79 Å². The number of carbonyl (C=O) groups excluding carboxylic acids is 1. The predicted molar refractivity (Wildman–Crippen MR) is 114 cm³/mol. The van der Waals surface area contributed by atoms with Crippen LogP contribution in [0.4, 0.5) is 5.82 Å². The number of methoxy groups -OCH3 is 2. The molecule has 0 saturated carbocycles. The third kappa shape index (κ3) is 5.72. The number of nitrogens with zero attached hydrogens (tertiary/aromatic N) is 1. The van der Waals surface area contributed by atoms with Crippen LogP contribution in [0.1, 0.15) is 21.5 Å². The van der Waals surface area contributed by atoms with Crippen LogP contribution in [0.25, 0.3) is 0 Å². The SMILES string of the molecule is COc1ccc(CCNc2ccc(C(=O)NCc3ccccc3OC)cn2)cc1. The van der Waals surface area contributed by atoms with Gasteiger partial charge in [-0.2, -0.15) is 0 Å². The summed E-state index contributed by atoms with van der Waals surface area (Å²) in [7, 11) is 3.27. The summed E-state index contributed by atoms with van der Waals surface area (Å²) in [5.74, 6) is 2.17. The number of hydrogen-bond donors (Lipinski definition) is 2. The van der Waals surface area contributed by atoms with E-state index in [-0.39, 0.29) is 5.91 Å². The van der Waals surface area contributed by atoms with Gasteiger partial charge < -0.3 is 20.1 Å². The van der Waals surface area contributed by atoms with E-state index in [1.165, 1.54) is 5.56 Å². The fourth-order valence-corrected chi connectivity index (χ4v) is 2.89. The molecule has 150 valence electrons. The summed E-state index contributed by atoms with van der Waals surface area (Å²) in [6.07, 6.45) is 2.44. The van der Waals surface area contributed by atoms with Gasteiger partial charge in [0.2, 0.25) is 0 Å². The Balaban J connectivity index is 1.48. The third-order valence-electron chi connectivity index (χ3n) is 4.54. The van der Waals surface area contributed by atoms with Crippen molar-refractivity contribution in [2.45, 2.75) is 13.0 Å². The first-order chi connectivity index (χ1) is 14.2. The predicted octanol–water partition coefficient (Wildman–Crippen LogP) is 3.68. The van der Waals surface area contributed by atoms with Gasteiger partial charge in [-0.25, -0.2) is 4.98 Å². The summed E-state index contributed by atoms with van der Waals surface area (Å²) in [5.41, 5.74) is 2.65. The van der Waals surface area contributed by atoms with Crippen LogP contribution in [-0.2, 0) is 13.0 Å². The highest BCUT2D eigenvalue weighted by Gasteiger charge is 2.08. The van der Waals surface area contributed by atoms with E-state index in [0.29, 0.717) is 12.1 Å². The molecule has 3 rings (SSSR count). The van der Waals surface area contributed by atoms with Gasteiger partial charge in [0.1, 0.15) is 17.3 Å². The van der Waals surface area contributed by atoms with Crippen molar-refractivity contribution in [1.29, 1.82) is 0 Å². The van der Waals surface area contributed by atoms with Gasteiger partial charge in [0.25, 0.3) is 5.91 Å². The first kappa shape index (κ1) is 20.2. The van der Waals surface area contributed by atoms with Gasteiger partial charge >= 0.3 is 0 Å². The summed E-state index contributed by atoms with van der Waals surface area (Å²) >= 11 is 0. The number of anilines is 1. The topological polar surface area (TPSA) is 72.5 Å². The third-order valence-corrected chi connectivity index (χ3v) is 4.54. The molecule has 1 amide bonds. The van der Waals surface area contributed by atoms with Crippen molar-refractivity contribution in [2.24, 2.45) is 0 Å². The van der Waals surface area contributed by atoms with Gasteiger partial charge in [0, 0.05) is 24.8 Å². The summed E-state index contributed by atoms with van der Waals surface area (Å²) in [6, 6.07) is 19.2. The molecule has 6 nitrogen and oxygen atoms in total. The van der Waals surface area contributed by atoms with Crippen LogP contribution in [0, 0.1) is 0 Å². The fraction of sp³-hybridized carbons (Fsp3) is 0.217. The minimum atomic E-state index is -0.173. The van der Waals surface area contributed by atoms with Crippen LogP contribution in [-0.4, -0.2) is 31.7 Å². The quantitative estimate of drug-likeness (QED) is 0.582. The van der Waals surface area contributed by atoms with E-state index in [1.807, 2.05) is 54.6 Å². The van der Waals surface area contributed by atoms with Crippen molar-refractivity contribution in [3.63, 3.8) is 0 Å². The number of nitrogens with one attached hydrogen (secondary N) is 2. The van der Waals surface area contributed by atoms with Gasteiger partial charge in [0.05, 0.1) is 19.8 Å². The molecular formula is C23H25N3O3. The highest BCUT2D eigenvalue weighted by molar-refractivity contribution is 5.94. The molecule has 0 radical (unpaired) electrons. The number of hydrogen-bond acceptors (Lipinski definition) is 5. The summed E-state index contributed by atoms with van der Waals surface area (Å²) < 4.78 is 10.5. The van der Waals surface area contributed by atoms with Crippen LogP contribution in [0.5, 0.6) is 11.5 Å². The maximum atomic E-state index is 12.4. The minimum absolute atomic E-state index is 0.173. The lowest BCUT2D eigenvalue weighted by molar-refractivity contribution is 0.0950. The second kappa shape index (κ2) is 10.1. The van der Waals surface area contributed by atoms with E-state index in [0.717, 1.165) is 35.8 Å². The van der Waals surface area contributed by atoms with E-state index in [4.69, 9.17) is 9.47 Å². The van der Waals surface area contributed by atoms with Crippen molar-refractivity contribution >= 4 is 11.7 Å². The smallest absolute Gasteiger partial charge is 0.253 e. The Kier molecular flexibility index (Phi) is 7.05. The molecule has 0 fully saturated rings. The Labute approximate surface area is 170 Å². The Bertz CT molecular complexity index is 925. The molecule has 2 N–H and O–H groups in total. The Morgan fingerprint density at radius 3 is 2.45 bits per heavy atom. The van der Waals surface area contributed by atoms with Crippen molar-refractivity contribution in [1.82, 2.24) is 10.3 Å². The number of amides is 1. The Morgan fingerprint density at radius 2 is 1.76 bits per heavy atom. The van der Waals surface area contributed by atoms with E-state index < -0.39 is 0 Å². The normalized spacial score (nSPS) is 10.3. The molecule has 2 aromatic carbocycles. The second-order valence-corrected chi connectivity index (χ2v) is 6.45. The van der Waals surface area contributed by atoms with Gasteiger partial charge in [0.15, 0.2) is 0 Å². The molecule has 0 saturated heterocycles. The number of rotatable bonds is 9. The van der Waals surface area contributed by atoms with Crippen LogP contribution in [0.3, 0.4) is 0 Å². The lowest BCUT2D eigenvalue weighted by Gasteiger charge is -2.10. The molecule has 6 heteroatoms. The van der Waals surface area contributed by atoms with E-state index >= 15 is 0 Å². The maximum absolute atomic E-state index is 12.4. The number of carbonyl (C=O) groups is 1. The van der Waals surface area contributed by atoms with Crippen molar-refractivity contribution in [2.75, 3.05) is 26.1 Å². The van der Waals surface area contributed by atoms with Crippen LogP contribution < -0.4 is 20.1 Å². The summed E-state index contributed by atoms with van der Waals surface area (Å²) in [6.45, 7) is 1.14. The Hall–Kier alpha value is -3.54. The molecule has 0 atom stereocenters.